The van der Waals surface area contributed by atoms with Gasteiger partial charge in [0.1, 0.15) is 11.9 Å². The first-order valence-corrected chi connectivity index (χ1v) is 3.22. The molecule has 0 spiro atoms. The molecule has 0 bridgehead atoms. The molecule has 0 atom stereocenters. The van der Waals surface area contributed by atoms with Crippen LogP contribution in [0.25, 0.3) is 0 Å². The lowest BCUT2D eigenvalue weighted by atomic mass is 10.2. The topological polar surface area (TPSA) is 20.2 Å². The molecule has 0 aliphatic heterocycles. The molecule has 0 fully saturated rings. The first-order chi connectivity index (χ1) is 5.24. The van der Waals surface area contributed by atoms with Crippen LogP contribution in [0.15, 0.2) is 18.2 Å². The van der Waals surface area contributed by atoms with Crippen LogP contribution in [0.1, 0.15) is 5.56 Å². The van der Waals surface area contributed by atoms with E-state index in [0.717, 1.165) is 6.07 Å². The predicted octanol–water partition coefficient (Wildman–Crippen LogP) is 2.16. The average Bonchev–Trinajstić information content (AvgIpc) is 1.98. The van der Waals surface area contributed by atoms with Crippen molar-refractivity contribution in [3.8, 4) is 12.0 Å². The zero-order chi connectivity index (χ0) is 8.27. The maximum Gasteiger partial charge on any atom is 0.143 e. The summed E-state index contributed by atoms with van der Waals surface area (Å²) in [6.07, 6.45) is 1.67. The van der Waals surface area contributed by atoms with Gasteiger partial charge in [-0.15, -0.1) is 0 Å². The Hall–Kier alpha value is -1.20. The number of hydrogen-bond donors (Lipinski definition) is 1. The normalized spacial score (nSPS) is 8.55. The molecule has 1 nitrogen and oxygen atoms in total. The Labute approximate surface area is 68.4 Å². The Balaban J connectivity index is 3.12. The molecule has 0 aliphatic carbocycles. The third-order valence-corrected chi connectivity index (χ3v) is 1.43. The zero-order valence-electron chi connectivity index (χ0n) is 5.44. The van der Waals surface area contributed by atoms with E-state index in [2.05, 4.69) is 5.92 Å². The summed E-state index contributed by atoms with van der Waals surface area (Å²) in [6, 6.07) is 4.07. The minimum Gasteiger partial charge on any atom is -0.462 e. The van der Waals surface area contributed by atoms with E-state index < -0.39 is 5.82 Å². The van der Waals surface area contributed by atoms with Crippen LogP contribution in [0.2, 0.25) is 5.02 Å². The maximum atomic E-state index is 12.6. The molecule has 0 radical (unpaired) electrons. The molecule has 1 aromatic carbocycles. The molecule has 0 aliphatic rings. The Kier molecular flexibility index (Phi) is 2.35. The van der Waals surface area contributed by atoms with E-state index >= 15 is 0 Å². The van der Waals surface area contributed by atoms with Gasteiger partial charge >= 0.3 is 0 Å². The Bertz CT molecular complexity index is 325. The Morgan fingerprint density at radius 1 is 1.45 bits per heavy atom. The molecule has 0 amide bonds. The molecule has 11 heavy (non-hydrogen) atoms. The van der Waals surface area contributed by atoms with Crippen LogP contribution < -0.4 is 0 Å². The highest BCUT2D eigenvalue weighted by molar-refractivity contribution is 6.30. The van der Waals surface area contributed by atoms with Gasteiger partial charge in [-0.3, -0.25) is 0 Å². The average molecular weight is 171 g/mol. The van der Waals surface area contributed by atoms with Gasteiger partial charge in [0.25, 0.3) is 0 Å². The molecular weight excluding hydrogens is 167 g/mol. The fourth-order valence-corrected chi connectivity index (χ4v) is 0.756. The zero-order valence-corrected chi connectivity index (χ0v) is 6.19. The van der Waals surface area contributed by atoms with Crippen molar-refractivity contribution in [1.29, 1.82) is 0 Å². The second-order valence-corrected chi connectivity index (χ2v) is 2.27. The predicted molar refractivity (Wildman–Crippen MR) is 40.2 cm³/mol. The fraction of sp³-hybridized carbons (Fsp3) is 0. The number of benzene rings is 1. The largest absolute Gasteiger partial charge is 0.462 e. The summed E-state index contributed by atoms with van der Waals surface area (Å²) in [7, 11) is 0. The summed E-state index contributed by atoms with van der Waals surface area (Å²) in [4.78, 5) is 0. The van der Waals surface area contributed by atoms with Crippen molar-refractivity contribution < 1.29 is 9.50 Å². The quantitative estimate of drug-likeness (QED) is 0.592. The van der Waals surface area contributed by atoms with Crippen LogP contribution in [-0.2, 0) is 0 Å². The number of aliphatic hydroxyl groups excluding tert-OH is 1. The van der Waals surface area contributed by atoms with Crippen molar-refractivity contribution in [2.45, 2.75) is 0 Å². The summed E-state index contributed by atoms with van der Waals surface area (Å²) in [5, 5.41) is 8.21. The van der Waals surface area contributed by atoms with E-state index in [-0.39, 0.29) is 5.02 Å². The highest BCUT2D eigenvalue weighted by atomic mass is 35.5. The lowest BCUT2D eigenvalue weighted by molar-refractivity contribution is 0.517. The monoisotopic (exact) mass is 170 g/mol. The van der Waals surface area contributed by atoms with Gasteiger partial charge in [-0.2, -0.15) is 0 Å². The van der Waals surface area contributed by atoms with E-state index in [1.807, 2.05) is 0 Å². The third-order valence-electron chi connectivity index (χ3n) is 1.12. The van der Waals surface area contributed by atoms with E-state index in [1.165, 1.54) is 12.1 Å². The smallest absolute Gasteiger partial charge is 0.143 e. The second kappa shape index (κ2) is 3.27. The fourth-order valence-electron chi connectivity index (χ4n) is 0.638. The van der Waals surface area contributed by atoms with Gasteiger partial charge < -0.3 is 5.11 Å². The van der Waals surface area contributed by atoms with Gasteiger partial charge in [-0.1, -0.05) is 11.6 Å². The van der Waals surface area contributed by atoms with Gasteiger partial charge in [0.2, 0.25) is 0 Å². The van der Waals surface area contributed by atoms with Crippen LogP contribution in [0.3, 0.4) is 0 Å². The summed E-state index contributed by atoms with van der Waals surface area (Å²) in [5.74, 6) is 1.75. The van der Waals surface area contributed by atoms with Gasteiger partial charge in [-0.25, -0.2) is 4.39 Å². The Morgan fingerprint density at radius 3 is 2.73 bits per heavy atom. The number of halogens is 2. The van der Waals surface area contributed by atoms with Crippen LogP contribution in [0.5, 0.6) is 0 Å². The van der Waals surface area contributed by atoms with E-state index in [4.69, 9.17) is 16.7 Å². The molecule has 56 valence electrons. The number of rotatable bonds is 0. The lowest BCUT2D eigenvalue weighted by Gasteiger charge is -1.92. The summed E-state index contributed by atoms with van der Waals surface area (Å²) >= 11 is 5.40. The first-order valence-electron chi connectivity index (χ1n) is 2.84. The summed E-state index contributed by atoms with van der Waals surface area (Å²) in [6.45, 7) is 0. The molecule has 1 N–H and O–H groups in total. The van der Waals surface area contributed by atoms with Crippen molar-refractivity contribution in [3.05, 3.63) is 34.6 Å². The number of hydrogen-bond acceptors (Lipinski definition) is 1. The van der Waals surface area contributed by atoms with Crippen molar-refractivity contribution >= 4 is 11.6 Å². The third kappa shape index (κ3) is 1.86. The highest BCUT2D eigenvalue weighted by Crippen LogP contribution is 2.14. The lowest BCUT2D eigenvalue weighted by Crippen LogP contribution is -1.79. The minimum absolute atomic E-state index is 0.0495. The molecular formula is C8H4ClFO. The van der Waals surface area contributed by atoms with Gasteiger partial charge in [0.05, 0.1) is 5.02 Å². The molecule has 1 rings (SSSR count). The molecule has 0 unspecified atom stereocenters. The van der Waals surface area contributed by atoms with E-state index in [1.54, 1.807) is 6.11 Å². The van der Waals surface area contributed by atoms with Gasteiger partial charge in [0, 0.05) is 5.56 Å². The number of aliphatic hydroxyl groups is 1. The minimum atomic E-state index is -0.535. The SMILES string of the molecule is OC#Cc1ccc(Cl)c(F)c1. The van der Waals surface area contributed by atoms with Crippen LogP contribution in [0, 0.1) is 17.8 Å². The summed E-state index contributed by atoms with van der Waals surface area (Å²) in [5.41, 5.74) is 0.398. The van der Waals surface area contributed by atoms with E-state index in [0.29, 0.717) is 5.56 Å². The highest BCUT2D eigenvalue weighted by Gasteiger charge is 1.97. The molecule has 0 heterocycles. The van der Waals surface area contributed by atoms with Crippen molar-refractivity contribution in [2.75, 3.05) is 0 Å². The molecule has 0 saturated carbocycles. The van der Waals surface area contributed by atoms with Crippen LogP contribution in [0.4, 0.5) is 4.39 Å². The van der Waals surface area contributed by atoms with Crippen molar-refractivity contribution in [3.63, 3.8) is 0 Å². The van der Waals surface area contributed by atoms with E-state index in [9.17, 15) is 4.39 Å². The van der Waals surface area contributed by atoms with Gasteiger partial charge in [-0.05, 0) is 24.1 Å². The molecule has 1 aromatic rings. The van der Waals surface area contributed by atoms with Crippen molar-refractivity contribution in [2.24, 2.45) is 0 Å². The standard InChI is InChI=1S/C8H4ClFO/c9-7-2-1-6(3-4-11)5-8(7)10/h1-2,5,11H. The van der Waals surface area contributed by atoms with Crippen molar-refractivity contribution in [1.82, 2.24) is 0 Å². The van der Waals surface area contributed by atoms with Crippen LogP contribution >= 0.6 is 11.6 Å². The summed E-state index contributed by atoms with van der Waals surface area (Å²) < 4.78 is 12.6. The second-order valence-electron chi connectivity index (χ2n) is 1.87. The van der Waals surface area contributed by atoms with Gasteiger partial charge in [0.15, 0.2) is 0 Å². The molecule has 0 saturated heterocycles. The molecule has 0 aromatic heterocycles. The molecule has 3 heteroatoms. The maximum absolute atomic E-state index is 12.6. The van der Waals surface area contributed by atoms with Crippen LogP contribution in [-0.4, -0.2) is 5.11 Å². The Morgan fingerprint density at radius 2 is 2.18 bits per heavy atom. The first kappa shape index (κ1) is 7.90.